The van der Waals surface area contributed by atoms with Crippen LogP contribution in [0.4, 0.5) is 0 Å². The Morgan fingerprint density at radius 2 is 1.80 bits per heavy atom. The van der Waals surface area contributed by atoms with Gasteiger partial charge in [-0.05, 0) is 25.7 Å². The first kappa shape index (κ1) is 7.92. The quantitative estimate of drug-likeness (QED) is 0.563. The molecule has 10 heavy (non-hydrogen) atoms. The Balaban J connectivity index is 2.62. The van der Waals surface area contributed by atoms with Crippen LogP contribution in [0.3, 0.4) is 0 Å². The molecule has 0 atom stereocenters. The van der Waals surface area contributed by atoms with Gasteiger partial charge in [0.25, 0.3) is 0 Å². The minimum absolute atomic E-state index is 0.915. The molecule has 0 unspecified atom stereocenters. The Morgan fingerprint density at radius 1 is 1.30 bits per heavy atom. The van der Waals surface area contributed by atoms with Crippen LogP contribution >= 0.6 is 7.59 Å². The highest BCUT2D eigenvalue weighted by Crippen LogP contribution is 2.30. The highest BCUT2D eigenvalue weighted by Gasteiger charge is 2.12. The number of rotatable bonds is 1. The van der Waals surface area contributed by atoms with Crippen molar-refractivity contribution >= 4 is 13.3 Å². The first-order valence-electron chi connectivity index (χ1n) is 3.33. The molecule has 0 aromatic heterocycles. The summed E-state index contributed by atoms with van der Waals surface area (Å²) >= 11 is 0. The van der Waals surface area contributed by atoms with E-state index in [0.29, 0.717) is 0 Å². The molecule has 4 nitrogen and oxygen atoms in total. The van der Waals surface area contributed by atoms with Crippen molar-refractivity contribution in [1.82, 2.24) is 0 Å². The van der Waals surface area contributed by atoms with Crippen LogP contribution in [0.25, 0.3) is 0 Å². The molecule has 1 saturated carbocycles. The van der Waals surface area contributed by atoms with Gasteiger partial charge in [-0.3, -0.25) is 15.6 Å². The molecule has 1 fully saturated rings. The summed E-state index contributed by atoms with van der Waals surface area (Å²) in [6, 6.07) is 0. The molecule has 0 amide bonds. The van der Waals surface area contributed by atoms with Crippen LogP contribution in [0.5, 0.6) is 0 Å². The molecular weight excluding hydrogens is 149 g/mol. The van der Waals surface area contributed by atoms with Crippen molar-refractivity contribution in [2.24, 2.45) is 15.8 Å². The Morgan fingerprint density at radius 3 is 2.20 bits per heavy atom. The van der Waals surface area contributed by atoms with Gasteiger partial charge in [-0.2, -0.15) is 0 Å². The first-order valence-corrected chi connectivity index (χ1v) is 5.13. The summed E-state index contributed by atoms with van der Waals surface area (Å²) in [6.45, 7) is 0. The average Bonchev–Trinajstić information content (AvgIpc) is 2.12. The zero-order chi connectivity index (χ0) is 7.61. The molecule has 4 N–H and O–H groups in total. The van der Waals surface area contributed by atoms with Gasteiger partial charge in [0, 0.05) is 5.71 Å². The third kappa shape index (κ3) is 2.60. The van der Waals surface area contributed by atoms with Crippen molar-refractivity contribution < 1.29 is 4.57 Å². The SMILES string of the molecule is NP(N)(=O)N=C1CCCC1. The fourth-order valence-electron chi connectivity index (χ4n) is 1.10. The molecule has 1 rings (SSSR count). The van der Waals surface area contributed by atoms with E-state index >= 15 is 0 Å². The van der Waals surface area contributed by atoms with E-state index in [1.165, 1.54) is 0 Å². The molecular formula is C5H12N3OP. The predicted octanol–water partition coefficient (Wildman–Crippen LogP) is 1.03. The molecule has 0 saturated heterocycles. The van der Waals surface area contributed by atoms with Gasteiger partial charge < -0.3 is 0 Å². The largest absolute Gasteiger partial charge is 0.318 e. The molecule has 0 aromatic rings. The van der Waals surface area contributed by atoms with E-state index in [1.54, 1.807) is 0 Å². The summed E-state index contributed by atoms with van der Waals surface area (Å²) in [5.74, 6) is 0. The maximum absolute atomic E-state index is 10.7. The van der Waals surface area contributed by atoms with Crippen molar-refractivity contribution in [2.75, 3.05) is 0 Å². The summed E-state index contributed by atoms with van der Waals surface area (Å²) in [7, 11) is -3.13. The van der Waals surface area contributed by atoms with Crippen LogP contribution in [-0.2, 0) is 4.57 Å². The zero-order valence-electron chi connectivity index (χ0n) is 5.79. The first-order chi connectivity index (χ1) is 4.58. The van der Waals surface area contributed by atoms with Crippen LogP contribution in [-0.4, -0.2) is 5.71 Å². The summed E-state index contributed by atoms with van der Waals surface area (Å²) < 4.78 is 14.5. The maximum Gasteiger partial charge on any atom is 0.318 e. The number of hydrogen-bond acceptors (Lipinski definition) is 1. The minimum Gasteiger partial charge on any atom is -0.263 e. The van der Waals surface area contributed by atoms with Crippen molar-refractivity contribution in [2.45, 2.75) is 25.7 Å². The Labute approximate surface area is 60.2 Å². The third-order valence-corrected chi connectivity index (χ3v) is 2.07. The zero-order valence-corrected chi connectivity index (χ0v) is 6.68. The van der Waals surface area contributed by atoms with E-state index in [9.17, 15) is 4.57 Å². The second-order valence-corrected chi connectivity index (χ2v) is 4.09. The predicted molar refractivity (Wildman–Crippen MR) is 41.9 cm³/mol. The van der Waals surface area contributed by atoms with Gasteiger partial charge in [-0.25, -0.2) is 4.76 Å². The van der Waals surface area contributed by atoms with E-state index in [4.69, 9.17) is 11.0 Å². The average molecular weight is 161 g/mol. The molecule has 1 aliphatic carbocycles. The lowest BCUT2D eigenvalue weighted by Gasteiger charge is -1.99. The molecule has 0 aromatic carbocycles. The molecule has 58 valence electrons. The lowest BCUT2D eigenvalue weighted by Crippen LogP contribution is -2.03. The van der Waals surface area contributed by atoms with Crippen LogP contribution in [0.1, 0.15) is 25.7 Å². The highest BCUT2D eigenvalue weighted by atomic mass is 31.2. The van der Waals surface area contributed by atoms with Crippen molar-refractivity contribution in [3.05, 3.63) is 0 Å². The fourth-order valence-corrected chi connectivity index (χ4v) is 1.75. The van der Waals surface area contributed by atoms with E-state index in [1.807, 2.05) is 0 Å². The van der Waals surface area contributed by atoms with E-state index in [2.05, 4.69) is 4.76 Å². The van der Waals surface area contributed by atoms with Crippen molar-refractivity contribution in [1.29, 1.82) is 0 Å². The van der Waals surface area contributed by atoms with Gasteiger partial charge in [0.1, 0.15) is 0 Å². The van der Waals surface area contributed by atoms with Gasteiger partial charge in [0.05, 0.1) is 0 Å². The monoisotopic (exact) mass is 161 g/mol. The van der Waals surface area contributed by atoms with E-state index in [-0.39, 0.29) is 0 Å². The molecule has 0 radical (unpaired) electrons. The molecule has 0 bridgehead atoms. The molecule has 5 heteroatoms. The number of nitrogens with two attached hydrogens (primary N) is 2. The second kappa shape index (κ2) is 2.82. The second-order valence-electron chi connectivity index (χ2n) is 2.55. The Bertz CT molecular complexity index is 187. The molecule has 0 aliphatic heterocycles. The lowest BCUT2D eigenvalue weighted by molar-refractivity contribution is 0.578. The minimum atomic E-state index is -3.13. The topological polar surface area (TPSA) is 81.5 Å². The normalized spacial score (nSPS) is 19.6. The molecule has 0 spiro atoms. The maximum atomic E-state index is 10.7. The van der Waals surface area contributed by atoms with Gasteiger partial charge in [-0.15, -0.1) is 0 Å². The summed E-state index contributed by atoms with van der Waals surface area (Å²) in [5, 5.41) is 0. The third-order valence-electron chi connectivity index (χ3n) is 1.48. The Kier molecular flexibility index (Phi) is 2.24. The van der Waals surface area contributed by atoms with Gasteiger partial charge in [-0.1, -0.05) is 0 Å². The van der Waals surface area contributed by atoms with Crippen LogP contribution < -0.4 is 11.0 Å². The van der Waals surface area contributed by atoms with Gasteiger partial charge in [0.2, 0.25) is 0 Å². The standard InChI is InChI=1S/C5H12N3OP/c6-10(7,9)8-5-3-1-2-4-5/h1-4H2,(H4,6,7,9). The Hall–Kier alpha value is -0.180. The molecule has 1 aliphatic rings. The van der Waals surface area contributed by atoms with E-state index in [0.717, 1.165) is 31.4 Å². The number of nitrogens with zero attached hydrogens (tertiary/aromatic N) is 1. The van der Waals surface area contributed by atoms with Crippen LogP contribution in [0, 0.1) is 0 Å². The molecule has 0 heterocycles. The fraction of sp³-hybridized carbons (Fsp3) is 0.800. The van der Waals surface area contributed by atoms with Gasteiger partial charge >= 0.3 is 7.59 Å². The van der Waals surface area contributed by atoms with Crippen molar-refractivity contribution in [3.63, 3.8) is 0 Å². The summed E-state index contributed by atoms with van der Waals surface area (Å²) in [6.07, 6.45) is 4.08. The van der Waals surface area contributed by atoms with Crippen LogP contribution in [0.15, 0.2) is 4.76 Å². The number of hydrogen-bond donors (Lipinski definition) is 2. The smallest absolute Gasteiger partial charge is 0.263 e. The summed E-state index contributed by atoms with van der Waals surface area (Å²) in [4.78, 5) is 0. The van der Waals surface area contributed by atoms with E-state index < -0.39 is 7.59 Å². The highest BCUT2D eigenvalue weighted by molar-refractivity contribution is 7.57. The van der Waals surface area contributed by atoms with Crippen LogP contribution in [0.2, 0.25) is 0 Å². The lowest BCUT2D eigenvalue weighted by atomic mass is 10.3. The van der Waals surface area contributed by atoms with Gasteiger partial charge in [0.15, 0.2) is 0 Å². The van der Waals surface area contributed by atoms with Crippen molar-refractivity contribution in [3.8, 4) is 0 Å². The summed E-state index contributed by atoms with van der Waals surface area (Å²) in [5.41, 5.74) is 11.0.